The molecule has 3 rings (SSSR count). The van der Waals surface area contributed by atoms with Gasteiger partial charge < -0.3 is 9.26 Å². The van der Waals surface area contributed by atoms with Crippen molar-refractivity contribution < 1.29 is 9.26 Å². The molecular weight excluding hydrogens is 266 g/mol. The van der Waals surface area contributed by atoms with E-state index in [4.69, 9.17) is 9.26 Å². The Hall–Kier alpha value is -2.69. The van der Waals surface area contributed by atoms with Crippen LogP contribution in [-0.4, -0.2) is 22.2 Å². The number of aryl methyl sites for hydroxylation is 2. The molecule has 0 spiro atoms. The SMILES string of the molecule is COc1cc(-c2nc(-c3ccncc3C)no2)ccc1C. The van der Waals surface area contributed by atoms with E-state index in [0.29, 0.717) is 11.7 Å². The first-order valence-corrected chi connectivity index (χ1v) is 6.59. The van der Waals surface area contributed by atoms with Crippen LogP contribution < -0.4 is 4.74 Å². The summed E-state index contributed by atoms with van der Waals surface area (Å²) in [5, 5.41) is 4.05. The molecule has 0 fully saturated rings. The van der Waals surface area contributed by atoms with Gasteiger partial charge in [-0.2, -0.15) is 4.98 Å². The molecule has 106 valence electrons. The minimum absolute atomic E-state index is 0.472. The van der Waals surface area contributed by atoms with E-state index in [1.807, 2.05) is 38.1 Å². The molecule has 5 nitrogen and oxygen atoms in total. The number of ether oxygens (including phenoxy) is 1. The maximum atomic E-state index is 5.36. The largest absolute Gasteiger partial charge is 0.496 e. The fraction of sp³-hybridized carbons (Fsp3) is 0.188. The molecule has 21 heavy (non-hydrogen) atoms. The van der Waals surface area contributed by atoms with E-state index in [1.165, 1.54) is 0 Å². The highest BCUT2D eigenvalue weighted by molar-refractivity contribution is 5.63. The molecule has 0 aliphatic carbocycles. The summed E-state index contributed by atoms with van der Waals surface area (Å²) in [6, 6.07) is 7.68. The van der Waals surface area contributed by atoms with E-state index in [1.54, 1.807) is 19.5 Å². The summed E-state index contributed by atoms with van der Waals surface area (Å²) in [5.41, 5.74) is 3.82. The van der Waals surface area contributed by atoms with Crippen molar-refractivity contribution in [2.45, 2.75) is 13.8 Å². The van der Waals surface area contributed by atoms with Gasteiger partial charge in [-0.25, -0.2) is 0 Å². The smallest absolute Gasteiger partial charge is 0.258 e. The van der Waals surface area contributed by atoms with Gasteiger partial charge in [0.1, 0.15) is 5.75 Å². The van der Waals surface area contributed by atoms with Crippen molar-refractivity contribution in [2.24, 2.45) is 0 Å². The third kappa shape index (κ3) is 2.50. The van der Waals surface area contributed by atoms with Crippen LogP contribution in [0.25, 0.3) is 22.8 Å². The van der Waals surface area contributed by atoms with Crippen molar-refractivity contribution in [3.05, 3.63) is 47.8 Å². The molecule has 0 aliphatic heterocycles. The van der Waals surface area contributed by atoms with E-state index in [0.717, 1.165) is 28.0 Å². The van der Waals surface area contributed by atoms with Crippen LogP contribution in [0.4, 0.5) is 0 Å². The number of nitrogens with zero attached hydrogens (tertiary/aromatic N) is 3. The summed E-state index contributed by atoms with van der Waals surface area (Å²) in [6.45, 7) is 3.95. The van der Waals surface area contributed by atoms with Gasteiger partial charge in [-0.3, -0.25) is 4.98 Å². The molecule has 1 aromatic carbocycles. The predicted octanol–water partition coefficient (Wildman–Crippen LogP) is 3.42. The number of benzene rings is 1. The fourth-order valence-electron chi connectivity index (χ4n) is 2.13. The first-order valence-electron chi connectivity index (χ1n) is 6.59. The molecule has 3 aromatic rings. The Morgan fingerprint density at radius 2 is 1.95 bits per heavy atom. The molecule has 0 unspecified atom stereocenters. The minimum atomic E-state index is 0.472. The van der Waals surface area contributed by atoms with Gasteiger partial charge >= 0.3 is 0 Å². The normalized spacial score (nSPS) is 10.6. The van der Waals surface area contributed by atoms with Crippen LogP contribution in [0.3, 0.4) is 0 Å². The number of hydrogen-bond donors (Lipinski definition) is 0. The van der Waals surface area contributed by atoms with Crippen molar-refractivity contribution in [1.82, 2.24) is 15.1 Å². The maximum absolute atomic E-state index is 5.36. The Balaban J connectivity index is 2.01. The standard InChI is InChI=1S/C16H15N3O2/c1-10-4-5-12(8-14(10)20-3)16-18-15(19-21-16)13-6-7-17-9-11(13)2/h4-9H,1-3H3. The molecule has 0 bridgehead atoms. The molecule has 0 aliphatic rings. The Morgan fingerprint density at radius 1 is 1.10 bits per heavy atom. The highest BCUT2D eigenvalue weighted by Crippen LogP contribution is 2.28. The van der Waals surface area contributed by atoms with Gasteiger partial charge in [0.25, 0.3) is 5.89 Å². The van der Waals surface area contributed by atoms with Gasteiger partial charge in [-0.05, 0) is 43.2 Å². The van der Waals surface area contributed by atoms with Crippen molar-refractivity contribution in [1.29, 1.82) is 0 Å². The summed E-state index contributed by atoms with van der Waals surface area (Å²) in [5.74, 6) is 1.83. The van der Waals surface area contributed by atoms with E-state index in [9.17, 15) is 0 Å². The quantitative estimate of drug-likeness (QED) is 0.736. The number of hydrogen-bond acceptors (Lipinski definition) is 5. The summed E-state index contributed by atoms with van der Waals surface area (Å²) in [7, 11) is 1.64. The molecule has 2 aromatic heterocycles. The van der Waals surface area contributed by atoms with Gasteiger partial charge in [0.2, 0.25) is 5.82 Å². The molecule has 0 radical (unpaired) electrons. The summed E-state index contributed by atoms with van der Waals surface area (Å²) in [4.78, 5) is 8.52. The van der Waals surface area contributed by atoms with Crippen LogP contribution >= 0.6 is 0 Å². The number of pyridine rings is 1. The Bertz CT molecular complexity index is 781. The van der Waals surface area contributed by atoms with Crippen molar-refractivity contribution >= 4 is 0 Å². The maximum Gasteiger partial charge on any atom is 0.258 e. The number of aromatic nitrogens is 3. The second kappa shape index (κ2) is 5.36. The van der Waals surface area contributed by atoms with Crippen molar-refractivity contribution in [3.8, 4) is 28.6 Å². The van der Waals surface area contributed by atoms with Gasteiger partial charge in [0, 0.05) is 23.5 Å². The lowest BCUT2D eigenvalue weighted by atomic mass is 10.1. The predicted molar refractivity (Wildman–Crippen MR) is 79.0 cm³/mol. The van der Waals surface area contributed by atoms with E-state index in [2.05, 4.69) is 15.1 Å². The average Bonchev–Trinajstić information content (AvgIpc) is 2.98. The molecule has 0 atom stereocenters. The Labute approximate surface area is 122 Å². The zero-order chi connectivity index (χ0) is 14.8. The highest BCUT2D eigenvalue weighted by Gasteiger charge is 2.13. The molecule has 0 saturated heterocycles. The first kappa shape index (κ1) is 13.3. The summed E-state index contributed by atoms with van der Waals surface area (Å²) >= 11 is 0. The van der Waals surface area contributed by atoms with Gasteiger partial charge in [0.05, 0.1) is 7.11 Å². The van der Waals surface area contributed by atoms with E-state index in [-0.39, 0.29) is 0 Å². The molecule has 0 saturated carbocycles. The van der Waals surface area contributed by atoms with Crippen LogP contribution in [-0.2, 0) is 0 Å². The monoisotopic (exact) mass is 281 g/mol. The first-order chi connectivity index (χ1) is 10.2. The molecular formula is C16H15N3O2. The van der Waals surface area contributed by atoms with Crippen LogP contribution in [0.2, 0.25) is 0 Å². The van der Waals surface area contributed by atoms with Crippen LogP contribution in [0.15, 0.2) is 41.2 Å². The second-order valence-electron chi connectivity index (χ2n) is 4.80. The van der Waals surface area contributed by atoms with Crippen molar-refractivity contribution in [3.63, 3.8) is 0 Å². The zero-order valence-corrected chi connectivity index (χ0v) is 12.1. The van der Waals surface area contributed by atoms with Crippen LogP contribution in [0, 0.1) is 13.8 Å². The fourth-order valence-corrected chi connectivity index (χ4v) is 2.13. The lowest BCUT2D eigenvalue weighted by Crippen LogP contribution is -1.89. The molecule has 0 amide bonds. The Morgan fingerprint density at radius 3 is 2.71 bits per heavy atom. The van der Waals surface area contributed by atoms with Crippen LogP contribution in [0.5, 0.6) is 5.75 Å². The molecule has 2 heterocycles. The van der Waals surface area contributed by atoms with Crippen LogP contribution in [0.1, 0.15) is 11.1 Å². The summed E-state index contributed by atoms with van der Waals surface area (Å²) < 4.78 is 10.7. The van der Waals surface area contributed by atoms with Crippen molar-refractivity contribution in [2.75, 3.05) is 7.11 Å². The number of methoxy groups -OCH3 is 1. The van der Waals surface area contributed by atoms with E-state index < -0.39 is 0 Å². The topological polar surface area (TPSA) is 61.0 Å². The summed E-state index contributed by atoms with van der Waals surface area (Å²) in [6.07, 6.45) is 3.49. The zero-order valence-electron chi connectivity index (χ0n) is 12.1. The van der Waals surface area contributed by atoms with Gasteiger partial charge in [0.15, 0.2) is 0 Å². The minimum Gasteiger partial charge on any atom is -0.496 e. The average molecular weight is 281 g/mol. The second-order valence-corrected chi connectivity index (χ2v) is 4.80. The molecule has 5 heteroatoms. The third-order valence-electron chi connectivity index (χ3n) is 3.34. The Kier molecular flexibility index (Phi) is 3.39. The van der Waals surface area contributed by atoms with Gasteiger partial charge in [-0.1, -0.05) is 11.2 Å². The lowest BCUT2D eigenvalue weighted by Gasteiger charge is -2.04. The molecule has 0 N–H and O–H groups in total. The lowest BCUT2D eigenvalue weighted by molar-refractivity contribution is 0.410. The van der Waals surface area contributed by atoms with E-state index >= 15 is 0 Å². The number of rotatable bonds is 3. The third-order valence-corrected chi connectivity index (χ3v) is 3.34. The van der Waals surface area contributed by atoms with Gasteiger partial charge in [-0.15, -0.1) is 0 Å². The highest BCUT2D eigenvalue weighted by atomic mass is 16.5.